The van der Waals surface area contributed by atoms with Crippen LogP contribution in [0.4, 0.5) is 0 Å². The van der Waals surface area contributed by atoms with Crippen LogP contribution in [-0.4, -0.2) is 40.6 Å². The van der Waals surface area contributed by atoms with Gasteiger partial charge in [0.25, 0.3) is 0 Å². The van der Waals surface area contributed by atoms with E-state index in [0.717, 1.165) is 31.2 Å². The number of thioether (sulfide) groups is 1. The van der Waals surface area contributed by atoms with Crippen LogP contribution in [0.25, 0.3) is 6.08 Å². The molecule has 1 saturated heterocycles. The standard InChI is InChI=1S/C23H31NO3S/c1-2-3-16-27-23(26)20-17-28-22(19-12-8-5-9-13-19)24(20)21(25)15-14-18-10-6-4-7-11-18/h4,6-7,10-11,14-15,19-20,22H,2-3,5,8-9,12-13,16-17H2,1H3/b15-14+. The highest BCUT2D eigenvalue weighted by Crippen LogP contribution is 2.40. The topological polar surface area (TPSA) is 46.6 Å². The zero-order valence-corrected chi connectivity index (χ0v) is 17.5. The van der Waals surface area contributed by atoms with Gasteiger partial charge in [0.1, 0.15) is 6.04 Å². The summed E-state index contributed by atoms with van der Waals surface area (Å²) in [4.78, 5) is 27.6. The normalized spacial score (nSPS) is 23.2. The summed E-state index contributed by atoms with van der Waals surface area (Å²) in [6.45, 7) is 2.51. The molecule has 2 aliphatic rings. The molecule has 5 heteroatoms. The van der Waals surface area contributed by atoms with E-state index in [1.807, 2.05) is 41.3 Å². The van der Waals surface area contributed by atoms with Crippen LogP contribution in [0.3, 0.4) is 0 Å². The molecule has 1 aromatic rings. The SMILES string of the molecule is CCCCOC(=O)C1CSC(C2CCCCC2)N1C(=O)/C=C/c1ccccc1. The van der Waals surface area contributed by atoms with Crippen molar-refractivity contribution in [1.82, 2.24) is 4.90 Å². The van der Waals surface area contributed by atoms with E-state index in [2.05, 4.69) is 6.92 Å². The summed E-state index contributed by atoms with van der Waals surface area (Å²) in [6, 6.07) is 9.33. The summed E-state index contributed by atoms with van der Waals surface area (Å²) in [6.07, 6.45) is 11.3. The molecule has 1 amide bonds. The molecular weight excluding hydrogens is 370 g/mol. The Kier molecular flexibility index (Phi) is 8.01. The molecule has 2 unspecified atom stereocenters. The van der Waals surface area contributed by atoms with Crippen molar-refractivity contribution in [2.75, 3.05) is 12.4 Å². The lowest BCUT2D eigenvalue weighted by Crippen LogP contribution is -2.48. The third kappa shape index (κ3) is 5.40. The lowest BCUT2D eigenvalue weighted by atomic mass is 9.88. The molecule has 2 atom stereocenters. The van der Waals surface area contributed by atoms with E-state index in [0.29, 0.717) is 18.3 Å². The molecule has 28 heavy (non-hydrogen) atoms. The number of nitrogens with zero attached hydrogens (tertiary/aromatic N) is 1. The summed E-state index contributed by atoms with van der Waals surface area (Å²) in [7, 11) is 0. The van der Waals surface area contributed by atoms with Crippen LogP contribution in [-0.2, 0) is 14.3 Å². The fraction of sp³-hybridized carbons (Fsp3) is 0.565. The Bertz CT molecular complexity index is 670. The van der Waals surface area contributed by atoms with Gasteiger partial charge in [-0.2, -0.15) is 0 Å². The molecule has 4 nitrogen and oxygen atoms in total. The highest BCUT2D eigenvalue weighted by atomic mass is 32.2. The van der Waals surface area contributed by atoms with Gasteiger partial charge in [-0.15, -0.1) is 11.8 Å². The maximum absolute atomic E-state index is 13.1. The second-order valence-electron chi connectivity index (χ2n) is 7.65. The zero-order chi connectivity index (χ0) is 19.8. The molecule has 0 radical (unpaired) electrons. The van der Waals surface area contributed by atoms with Gasteiger partial charge in [0.05, 0.1) is 12.0 Å². The first-order chi connectivity index (χ1) is 13.7. The number of hydrogen-bond donors (Lipinski definition) is 0. The number of hydrogen-bond acceptors (Lipinski definition) is 4. The molecule has 0 bridgehead atoms. The molecule has 1 aromatic carbocycles. The second kappa shape index (κ2) is 10.7. The summed E-state index contributed by atoms with van der Waals surface area (Å²) in [5.41, 5.74) is 0.985. The van der Waals surface area contributed by atoms with Crippen molar-refractivity contribution in [2.45, 2.75) is 63.3 Å². The predicted molar refractivity (Wildman–Crippen MR) is 115 cm³/mol. The van der Waals surface area contributed by atoms with Gasteiger partial charge in [0, 0.05) is 11.8 Å². The number of unbranched alkanes of at least 4 members (excludes halogenated alkanes) is 1. The van der Waals surface area contributed by atoms with E-state index < -0.39 is 6.04 Å². The van der Waals surface area contributed by atoms with Crippen LogP contribution >= 0.6 is 11.8 Å². The van der Waals surface area contributed by atoms with Gasteiger partial charge in [0.2, 0.25) is 5.91 Å². The summed E-state index contributed by atoms with van der Waals surface area (Å²) in [5.74, 6) is 0.778. The maximum atomic E-state index is 13.1. The Labute approximate surface area is 172 Å². The summed E-state index contributed by atoms with van der Waals surface area (Å²) >= 11 is 1.75. The Morgan fingerprint density at radius 2 is 1.93 bits per heavy atom. The minimum atomic E-state index is -0.471. The Morgan fingerprint density at radius 1 is 1.18 bits per heavy atom. The lowest BCUT2D eigenvalue weighted by Gasteiger charge is -2.34. The third-order valence-corrected chi connectivity index (χ3v) is 7.04. The van der Waals surface area contributed by atoms with Crippen LogP contribution in [0.15, 0.2) is 36.4 Å². The molecular formula is C23H31NO3S. The first-order valence-corrected chi connectivity index (χ1v) is 11.6. The molecule has 1 heterocycles. The quantitative estimate of drug-likeness (QED) is 0.371. The van der Waals surface area contributed by atoms with Gasteiger partial charge in [-0.05, 0) is 36.8 Å². The van der Waals surface area contributed by atoms with Crippen molar-refractivity contribution in [3.8, 4) is 0 Å². The number of carbonyl (C=O) groups excluding carboxylic acids is 2. The number of amides is 1. The number of carbonyl (C=O) groups is 2. The molecule has 0 spiro atoms. The number of ether oxygens (including phenoxy) is 1. The molecule has 1 aliphatic heterocycles. The van der Waals surface area contributed by atoms with Crippen molar-refractivity contribution in [3.63, 3.8) is 0 Å². The number of esters is 1. The highest BCUT2D eigenvalue weighted by molar-refractivity contribution is 8.00. The fourth-order valence-corrected chi connectivity index (χ4v) is 5.63. The van der Waals surface area contributed by atoms with Crippen LogP contribution in [0.2, 0.25) is 0 Å². The van der Waals surface area contributed by atoms with Gasteiger partial charge in [0.15, 0.2) is 0 Å². The maximum Gasteiger partial charge on any atom is 0.329 e. The molecule has 152 valence electrons. The predicted octanol–water partition coefficient (Wildman–Crippen LogP) is 4.89. The molecule has 1 aliphatic carbocycles. The van der Waals surface area contributed by atoms with E-state index in [1.165, 1.54) is 19.3 Å². The van der Waals surface area contributed by atoms with E-state index >= 15 is 0 Å². The Balaban J connectivity index is 1.74. The Morgan fingerprint density at radius 3 is 2.64 bits per heavy atom. The van der Waals surface area contributed by atoms with E-state index in [9.17, 15) is 9.59 Å². The van der Waals surface area contributed by atoms with Gasteiger partial charge in [-0.3, -0.25) is 4.79 Å². The van der Waals surface area contributed by atoms with E-state index in [4.69, 9.17) is 4.74 Å². The monoisotopic (exact) mass is 401 g/mol. The van der Waals surface area contributed by atoms with Gasteiger partial charge < -0.3 is 9.64 Å². The van der Waals surface area contributed by atoms with Crippen molar-refractivity contribution < 1.29 is 14.3 Å². The van der Waals surface area contributed by atoms with Crippen molar-refractivity contribution in [3.05, 3.63) is 42.0 Å². The number of rotatable bonds is 7. The largest absolute Gasteiger partial charge is 0.464 e. The Hall–Kier alpha value is -1.75. The van der Waals surface area contributed by atoms with Crippen molar-refractivity contribution in [1.29, 1.82) is 0 Å². The molecule has 2 fully saturated rings. The minimum Gasteiger partial charge on any atom is -0.464 e. The molecule has 0 N–H and O–H groups in total. The summed E-state index contributed by atoms with van der Waals surface area (Å²) in [5, 5.41) is 0.0805. The smallest absolute Gasteiger partial charge is 0.329 e. The van der Waals surface area contributed by atoms with Gasteiger partial charge in [-0.25, -0.2) is 4.79 Å². The van der Waals surface area contributed by atoms with Crippen LogP contribution in [0.1, 0.15) is 57.4 Å². The fourth-order valence-electron chi connectivity index (χ4n) is 4.00. The van der Waals surface area contributed by atoms with Gasteiger partial charge >= 0.3 is 5.97 Å². The lowest BCUT2D eigenvalue weighted by molar-refractivity contribution is -0.153. The minimum absolute atomic E-state index is 0.0805. The van der Waals surface area contributed by atoms with Crippen LogP contribution in [0.5, 0.6) is 0 Å². The summed E-state index contributed by atoms with van der Waals surface area (Å²) < 4.78 is 5.47. The van der Waals surface area contributed by atoms with Crippen LogP contribution in [0, 0.1) is 5.92 Å². The molecule has 0 aromatic heterocycles. The van der Waals surface area contributed by atoms with Crippen molar-refractivity contribution >= 4 is 29.7 Å². The van der Waals surface area contributed by atoms with Crippen molar-refractivity contribution in [2.24, 2.45) is 5.92 Å². The number of benzene rings is 1. The zero-order valence-electron chi connectivity index (χ0n) is 16.7. The van der Waals surface area contributed by atoms with E-state index in [-0.39, 0.29) is 17.3 Å². The average Bonchev–Trinajstić information content (AvgIpc) is 3.19. The molecule has 1 saturated carbocycles. The highest BCUT2D eigenvalue weighted by Gasteiger charge is 2.44. The average molecular weight is 402 g/mol. The first-order valence-electron chi connectivity index (χ1n) is 10.5. The van der Waals surface area contributed by atoms with E-state index in [1.54, 1.807) is 17.8 Å². The third-order valence-electron chi connectivity index (χ3n) is 5.57. The second-order valence-corrected chi connectivity index (χ2v) is 8.80. The van der Waals surface area contributed by atoms with Crippen LogP contribution < -0.4 is 0 Å². The van der Waals surface area contributed by atoms with Gasteiger partial charge in [-0.1, -0.05) is 62.9 Å². The molecule has 3 rings (SSSR count). The first kappa shape index (κ1) is 21.0.